The van der Waals surface area contributed by atoms with Crippen LogP contribution in [0, 0.1) is 0 Å². The molecule has 4 rings (SSSR count). The summed E-state index contributed by atoms with van der Waals surface area (Å²) >= 11 is 13.5. The van der Waals surface area contributed by atoms with E-state index in [0.717, 1.165) is 16.8 Å². The smallest absolute Gasteiger partial charge is 0.357 e. The third-order valence-corrected chi connectivity index (χ3v) is 5.85. The van der Waals surface area contributed by atoms with E-state index in [1.165, 1.54) is 11.3 Å². The fraction of sp³-hybridized carbons (Fsp3) is 0.190. The number of carbonyl (C=O) groups excluding carboxylic acids is 1. The second kappa shape index (κ2) is 8.53. The van der Waals surface area contributed by atoms with Gasteiger partial charge in [0, 0.05) is 21.8 Å². The Hall–Kier alpha value is -2.41. The number of hydrazone groups is 1. The summed E-state index contributed by atoms with van der Waals surface area (Å²) in [5, 5.41) is 10.4. The van der Waals surface area contributed by atoms with Crippen LogP contribution in [-0.4, -0.2) is 23.3 Å². The number of anilines is 1. The number of benzene rings is 2. The molecule has 1 aliphatic heterocycles. The molecular weight excluding hydrogens is 429 g/mol. The van der Waals surface area contributed by atoms with Crippen molar-refractivity contribution in [3.8, 4) is 0 Å². The van der Waals surface area contributed by atoms with Crippen LogP contribution in [0.25, 0.3) is 0 Å². The number of nitrogens with zero attached hydrogens (tertiary/aromatic N) is 3. The van der Waals surface area contributed by atoms with E-state index < -0.39 is 5.97 Å². The van der Waals surface area contributed by atoms with Crippen LogP contribution in [0.15, 0.2) is 59.0 Å². The van der Waals surface area contributed by atoms with Gasteiger partial charge in [-0.05, 0) is 42.3 Å². The third-order valence-electron chi connectivity index (χ3n) is 4.52. The Morgan fingerprint density at radius 3 is 2.45 bits per heavy atom. The van der Waals surface area contributed by atoms with Crippen LogP contribution in [-0.2, 0) is 4.74 Å². The molecule has 0 amide bonds. The minimum absolute atomic E-state index is 0.0564. The molecule has 0 radical (unpaired) electrons. The van der Waals surface area contributed by atoms with E-state index in [0.29, 0.717) is 28.2 Å². The highest BCUT2D eigenvalue weighted by Crippen LogP contribution is 2.38. The topological polar surface area (TPSA) is 54.8 Å². The van der Waals surface area contributed by atoms with Crippen LogP contribution in [0.2, 0.25) is 10.0 Å². The maximum Gasteiger partial charge on any atom is 0.357 e. The molecule has 0 fully saturated rings. The van der Waals surface area contributed by atoms with Crippen molar-refractivity contribution in [2.45, 2.75) is 19.4 Å². The van der Waals surface area contributed by atoms with E-state index in [4.69, 9.17) is 33.0 Å². The summed E-state index contributed by atoms with van der Waals surface area (Å²) < 4.78 is 5.05. The molecule has 0 bridgehead atoms. The van der Waals surface area contributed by atoms with Gasteiger partial charge in [0.25, 0.3) is 0 Å². The summed E-state index contributed by atoms with van der Waals surface area (Å²) in [6, 6.07) is 15.2. The van der Waals surface area contributed by atoms with Crippen molar-refractivity contribution < 1.29 is 9.53 Å². The normalized spacial score (nSPS) is 16.0. The fourth-order valence-electron chi connectivity index (χ4n) is 3.12. The van der Waals surface area contributed by atoms with Crippen LogP contribution in [0.5, 0.6) is 0 Å². The quantitative estimate of drug-likeness (QED) is 0.453. The van der Waals surface area contributed by atoms with Crippen molar-refractivity contribution in [1.82, 2.24) is 4.98 Å². The summed E-state index contributed by atoms with van der Waals surface area (Å²) in [4.78, 5) is 16.5. The first-order valence-electron chi connectivity index (χ1n) is 9.06. The maximum atomic E-state index is 12.0. The molecule has 0 unspecified atom stereocenters. The molecule has 1 aliphatic rings. The number of hydrogen-bond acceptors (Lipinski definition) is 6. The van der Waals surface area contributed by atoms with Gasteiger partial charge in [0.05, 0.1) is 18.4 Å². The van der Waals surface area contributed by atoms with Gasteiger partial charge >= 0.3 is 5.97 Å². The molecule has 2 heterocycles. The average Bonchev–Trinajstić information content (AvgIpc) is 3.37. The molecule has 148 valence electrons. The van der Waals surface area contributed by atoms with E-state index in [2.05, 4.69) is 4.98 Å². The highest BCUT2D eigenvalue weighted by Gasteiger charge is 2.32. The molecule has 2 aromatic carbocycles. The van der Waals surface area contributed by atoms with Crippen LogP contribution in [0.1, 0.15) is 41.0 Å². The van der Waals surface area contributed by atoms with E-state index in [-0.39, 0.29) is 11.7 Å². The monoisotopic (exact) mass is 445 g/mol. The van der Waals surface area contributed by atoms with Gasteiger partial charge in [0.15, 0.2) is 5.69 Å². The molecule has 1 aromatic heterocycles. The Balaban J connectivity index is 1.70. The highest BCUT2D eigenvalue weighted by atomic mass is 35.5. The lowest BCUT2D eigenvalue weighted by Gasteiger charge is -2.21. The Kier molecular flexibility index (Phi) is 5.85. The Bertz CT molecular complexity index is 1050. The Labute approximate surface area is 182 Å². The van der Waals surface area contributed by atoms with Crippen molar-refractivity contribution >= 4 is 51.4 Å². The number of thiazole rings is 1. The third kappa shape index (κ3) is 4.29. The van der Waals surface area contributed by atoms with Gasteiger partial charge in [-0.3, -0.25) is 0 Å². The first kappa shape index (κ1) is 19.9. The second-order valence-electron chi connectivity index (χ2n) is 6.41. The van der Waals surface area contributed by atoms with Crippen molar-refractivity contribution in [3.63, 3.8) is 0 Å². The number of ether oxygens (including phenoxy) is 1. The second-order valence-corrected chi connectivity index (χ2v) is 8.11. The minimum atomic E-state index is -0.431. The molecule has 29 heavy (non-hydrogen) atoms. The average molecular weight is 446 g/mol. The van der Waals surface area contributed by atoms with Crippen LogP contribution in [0.3, 0.4) is 0 Å². The van der Waals surface area contributed by atoms with Gasteiger partial charge in [0.2, 0.25) is 5.13 Å². The van der Waals surface area contributed by atoms with E-state index in [1.54, 1.807) is 12.3 Å². The number of aromatic nitrogens is 1. The van der Waals surface area contributed by atoms with Crippen molar-refractivity contribution in [3.05, 3.63) is 80.8 Å². The van der Waals surface area contributed by atoms with Gasteiger partial charge in [-0.2, -0.15) is 5.10 Å². The van der Waals surface area contributed by atoms with Crippen molar-refractivity contribution in [1.29, 1.82) is 0 Å². The molecule has 0 saturated heterocycles. The number of hydrogen-bond donors (Lipinski definition) is 0. The lowest BCUT2D eigenvalue weighted by molar-refractivity contribution is 0.0520. The number of halogens is 2. The lowest BCUT2D eigenvalue weighted by Crippen LogP contribution is -2.18. The van der Waals surface area contributed by atoms with E-state index in [9.17, 15) is 4.79 Å². The maximum absolute atomic E-state index is 12.0. The molecule has 0 spiro atoms. The summed E-state index contributed by atoms with van der Waals surface area (Å²) in [6.07, 6.45) is 0.692. The molecule has 0 aliphatic carbocycles. The van der Waals surface area contributed by atoms with Gasteiger partial charge in [-0.1, -0.05) is 47.5 Å². The zero-order valence-electron chi connectivity index (χ0n) is 15.5. The lowest BCUT2D eigenvalue weighted by atomic mass is 9.99. The highest BCUT2D eigenvalue weighted by molar-refractivity contribution is 7.13. The van der Waals surface area contributed by atoms with Gasteiger partial charge in [0.1, 0.15) is 0 Å². The standard InChI is InChI=1S/C21H17Cl2N3O2S/c1-2-28-20(27)18-12-29-21(24-18)26-19(14-5-9-16(23)10-6-14)11-17(25-26)13-3-7-15(22)8-4-13/h3-10,12,19H,2,11H2,1H3/t19-/m1/s1. The van der Waals surface area contributed by atoms with Gasteiger partial charge < -0.3 is 4.74 Å². The van der Waals surface area contributed by atoms with E-state index in [1.807, 2.05) is 53.5 Å². The Morgan fingerprint density at radius 2 is 1.79 bits per heavy atom. The predicted molar refractivity (Wildman–Crippen MR) is 117 cm³/mol. The SMILES string of the molecule is CCOC(=O)c1csc(N2N=C(c3ccc(Cl)cc3)C[C@@H]2c2ccc(Cl)cc2)n1. The predicted octanol–water partition coefficient (Wildman–Crippen LogP) is 5.98. The first-order chi connectivity index (χ1) is 14.0. The molecule has 8 heteroatoms. The molecule has 0 saturated carbocycles. The summed E-state index contributed by atoms with van der Waals surface area (Å²) in [5.74, 6) is -0.431. The van der Waals surface area contributed by atoms with Gasteiger partial charge in [-0.25, -0.2) is 14.8 Å². The zero-order chi connectivity index (χ0) is 20.4. The molecule has 3 aromatic rings. The molecular formula is C21H17Cl2N3O2S. The van der Waals surface area contributed by atoms with Crippen LogP contribution >= 0.6 is 34.5 Å². The summed E-state index contributed by atoms with van der Waals surface area (Å²) in [7, 11) is 0. The molecule has 5 nitrogen and oxygen atoms in total. The number of rotatable bonds is 5. The van der Waals surface area contributed by atoms with Crippen molar-refractivity contribution in [2.75, 3.05) is 11.6 Å². The van der Waals surface area contributed by atoms with Crippen molar-refractivity contribution in [2.24, 2.45) is 5.10 Å². The summed E-state index contributed by atoms with van der Waals surface area (Å²) in [6.45, 7) is 2.08. The molecule has 0 N–H and O–H groups in total. The largest absolute Gasteiger partial charge is 0.461 e. The zero-order valence-corrected chi connectivity index (χ0v) is 17.8. The minimum Gasteiger partial charge on any atom is -0.461 e. The van der Waals surface area contributed by atoms with Crippen LogP contribution < -0.4 is 5.01 Å². The number of esters is 1. The molecule has 1 atom stereocenters. The first-order valence-corrected chi connectivity index (χ1v) is 10.7. The number of carbonyl (C=O) groups is 1. The fourth-order valence-corrected chi connectivity index (χ4v) is 4.16. The Morgan fingerprint density at radius 1 is 1.14 bits per heavy atom. The van der Waals surface area contributed by atoms with Gasteiger partial charge in [-0.15, -0.1) is 11.3 Å². The van der Waals surface area contributed by atoms with Crippen LogP contribution in [0.4, 0.5) is 5.13 Å². The summed E-state index contributed by atoms with van der Waals surface area (Å²) in [5.41, 5.74) is 3.28. The van der Waals surface area contributed by atoms with E-state index >= 15 is 0 Å².